The quantitative estimate of drug-likeness (QED) is 0.605. The molecule has 1 amide bonds. The molecule has 0 bridgehead atoms. The number of halogens is 1. The van der Waals surface area contributed by atoms with Crippen LogP contribution in [-0.4, -0.2) is 41.1 Å². The molecule has 1 aliphatic rings. The molecule has 3 aromatic rings. The molecule has 0 spiro atoms. The van der Waals surface area contributed by atoms with E-state index in [-0.39, 0.29) is 11.8 Å². The van der Waals surface area contributed by atoms with E-state index >= 15 is 0 Å². The number of rotatable bonds is 6. The molecular weight excluding hydrogens is 416 g/mol. The van der Waals surface area contributed by atoms with Crippen molar-refractivity contribution in [3.63, 3.8) is 0 Å². The number of ether oxygens (including phenoxy) is 1. The molecule has 2 heterocycles. The summed E-state index contributed by atoms with van der Waals surface area (Å²) in [5.41, 5.74) is 2.74. The van der Waals surface area contributed by atoms with Crippen LogP contribution in [0.25, 0.3) is 11.5 Å². The van der Waals surface area contributed by atoms with E-state index in [1.807, 2.05) is 31.2 Å². The third kappa shape index (κ3) is 5.24. The number of anilines is 1. The van der Waals surface area contributed by atoms with Crippen LogP contribution >= 0.6 is 11.6 Å². The van der Waals surface area contributed by atoms with Crippen LogP contribution < -0.4 is 10.1 Å². The molecule has 0 radical (unpaired) electrons. The van der Waals surface area contributed by atoms with Crippen LogP contribution in [0.4, 0.5) is 5.69 Å². The van der Waals surface area contributed by atoms with Gasteiger partial charge in [0.15, 0.2) is 5.82 Å². The highest BCUT2D eigenvalue weighted by Crippen LogP contribution is 2.28. The van der Waals surface area contributed by atoms with E-state index < -0.39 is 0 Å². The third-order valence-electron chi connectivity index (χ3n) is 5.43. The van der Waals surface area contributed by atoms with Gasteiger partial charge >= 0.3 is 0 Å². The first kappa shape index (κ1) is 21.3. The number of nitrogens with one attached hydrogen (secondary N) is 1. The van der Waals surface area contributed by atoms with Gasteiger partial charge in [-0.2, -0.15) is 4.98 Å². The van der Waals surface area contributed by atoms with Crippen LogP contribution in [0, 0.1) is 12.8 Å². The van der Waals surface area contributed by atoms with Crippen molar-refractivity contribution in [1.82, 2.24) is 15.0 Å². The number of benzene rings is 2. The summed E-state index contributed by atoms with van der Waals surface area (Å²) in [5.74, 6) is 1.59. The predicted molar refractivity (Wildman–Crippen MR) is 119 cm³/mol. The second kappa shape index (κ2) is 9.49. The maximum Gasteiger partial charge on any atom is 0.257 e. The third-order valence-corrected chi connectivity index (χ3v) is 5.72. The molecule has 0 aliphatic carbocycles. The lowest BCUT2D eigenvalue weighted by Gasteiger charge is -2.31. The molecule has 2 aromatic carbocycles. The Morgan fingerprint density at radius 2 is 2.10 bits per heavy atom. The Hall–Kier alpha value is -2.90. The average molecular weight is 441 g/mol. The summed E-state index contributed by atoms with van der Waals surface area (Å²) in [6.07, 6.45) is 1.78. The molecule has 1 N–H and O–H groups in total. The second-order valence-corrected chi connectivity index (χ2v) is 8.20. The number of likely N-dealkylation sites (tertiary alicyclic amines) is 1. The van der Waals surface area contributed by atoms with Gasteiger partial charge in [0.25, 0.3) is 5.89 Å². The normalized spacial score (nSPS) is 16.8. The fraction of sp³-hybridized carbons (Fsp3) is 0.348. The fourth-order valence-corrected chi connectivity index (χ4v) is 3.99. The number of amides is 1. The number of aromatic nitrogens is 2. The largest absolute Gasteiger partial charge is 0.495 e. The first-order valence-electron chi connectivity index (χ1n) is 10.3. The lowest BCUT2D eigenvalue weighted by Crippen LogP contribution is -2.40. The summed E-state index contributed by atoms with van der Waals surface area (Å²) >= 11 is 6.16. The topological polar surface area (TPSA) is 80.5 Å². The van der Waals surface area contributed by atoms with E-state index in [1.54, 1.807) is 25.3 Å². The van der Waals surface area contributed by atoms with Gasteiger partial charge in [-0.05, 0) is 56.6 Å². The van der Waals surface area contributed by atoms with E-state index in [0.29, 0.717) is 41.3 Å². The fourth-order valence-electron chi connectivity index (χ4n) is 3.73. The Morgan fingerprint density at radius 3 is 2.84 bits per heavy atom. The van der Waals surface area contributed by atoms with Crippen LogP contribution in [0.15, 0.2) is 47.0 Å². The van der Waals surface area contributed by atoms with Gasteiger partial charge in [0.2, 0.25) is 5.91 Å². The number of piperidine rings is 1. The molecule has 1 unspecified atom stereocenters. The number of carbonyl (C=O) groups excluding carboxylic acids is 1. The molecular formula is C23H25ClN4O3. The minimum atomic E-state index is -0.113. The number of aryl methyl sites for hydroxylation is 1. The highest BCUT2D eigenvalue weighted by atomic mass is 35.5. The molecule has 1 aromatic heterocycles. The Balaban J connectivity index is 1.36. The van der Waals surface area contributed by atoms with Crippen molar-refractivity contribution in [3.05, 3.63) is 58.9 Å². The van der Waals surface area contributed by atoms with E-state index in [2.05, 4.69) is 20.4 Å². The van der Waals surface area contributed by atoms with Crippen LogP contribution in [0.2, 0.25) is 5.02 Å². The Kier molecular flexibility index (Phi) is 6.53. The van der Waals surface area contributed by atoms with Gasteiger partial charge in [0.1, 0.15) is 5.75 Å². The molecule has 1 aliphatic heterocycles. The van der Waals surface area contributed by atoms with Gasteiger partial charge in [-0.3, -0.25) is 9.69 Å². The minimum absolute atomic E-state index is 0.0145. The first-order valence-corrected chi connectivity index (χ1v) is 10.7. The average Bonchev–Trinajstić information content (AvgIpc) is 3.23. The molecule has 1 saturated heterocycles. The van der Waals surface area contributed by atoms with E-state index in [9.17, 15) is 4.79 Å². The van der Waals surface area contributed by atoms with Gasteiger partial charge in [-0.1, -0.05) is 34.5 Å². The van der Waals surface area contributed by atoms with E-state index in [0.717, 1.165) is 24.9 Å². The highest BCUT2D eigenvalue weighted by Gasteiger charge is 2.27. The van der Waals surface area contributed by atoms with Crippen LogP contribution in [0.3, 0.4) is 0 Å². The number of nitrogens with zero attached hydrogens (tertiary/aromatic N) is 3. The van der Waals surface area contributed by atoms with E-state index in [1.165, 1.54) is 5.56 Å². The molecule has 0 saturated carbocycles. The van der Waals surface area contributed by atoms with Crippen LogP contribution in [0.5, 0.6) is 5.75 Å². The lowest BCUT2D eigenvalue weighted by molar-refractivity contribution is -0.121. The summed E-state index contributed by atoms with van der Waals surface area (Å²) in [6.45, 7) is 4.12. The van der Waals surface area contributed by atoms with Crippen molar-refractivity contribution in [2.45, 2.75) is 26.3 Å². The Morgan fingerprint density at radius 1 is 1.29 bits per heavy atom. The number of methoxy groups -OCH3 is 1. The zero-order valence-electron chi connectivity index (χ0n) is 17.6. The van der Waals surface area contributed by atoms with Crippen LogP contribution in [0.1, 0.15) is 24.2 Å². The zero-order valence-corrected chi connectivity index (χ0v) is 18.4. The molecule has 4 rings (SSSR count). The summed E-state index contributed by atoms with van der Waals surface area (Å²) in [4.78, 5) is 19.5. The summed E-state index contributed by atoms with van der Waals surface area (Å²) < 4.78 is 10.6. The molecule has 31 heavy (non-hydrogen) atoms. The van der Waals surface area contributed by atoms with Crippen molar-refractivity contribution in [3.8, 4) is 17.2 Å². The maximum absolute atomic E-state index is 12.8. The number of hydrogen-bond acceptors (Lipinski definition) is 6. The van der Waals surface area contributed by atoms with Gasteiger partial charge < -0.3 is 14.6 Å². The van der Waals surface area contributed by atoms with Gasteiger partial charge in [0.05, 0.1) is 24.6 Å². The summed E-state index contributed by atoms with van der Waals surface area (Å²) in [6, 6.07) is 13.2. The summed E-state index contributed by atoms with van der Waals surface area (Å²) in [5, 5.41) is 7.55. The molecule has 162 valence electrons. The molecule has 8 heteroatoms. The van der Waals surface area contributed by atoms with Gasteiger partial charge in [-0.15, -0.1) is 0 Å². The smallest absolute Gasteiger partial charge is 0.257 e. The van der Waals surface area contributed by atoms with Crippen molar-refractivity contribution < 1.29 is 14.1 Å². The standard InChI is InChI=1S/C23H25ClN4O3/c1-15-5-7-16(8-6-15)23-26-21(27-31-23)14-28-11-3-4-17(13-28)22(29)25-18-9-10-20(30-2)19(24)12-18/h5-10,12,17H,3-4,11,13-14H2,1-2H3,(H,25,29). The predicted octanol–water partition coefficient (Wildman–Crippen LogP) is 4.56. The maximum atomic E-state index is 12.8. The van der Waals surface area contributed by atoms with Crippen molar-refractivity contribution in [2.24, 2.45) is 5.92 Å². The molecule has 1 fully saturated rings. The summed E-state index contributed by atoms with van der Waals surface area (Å²) in [7, 11) is 1.56. The van der Waals surface area contributed by atoms with Gasteiger partial charge in [-0.25, -0.2) is 0 Å². The monoisotopic (exact) mass is 440 g/mol. The molecule has 7 nitrogen and oxygen atoms in total. The lowest BCUT2D eigenvalue weighted by atomic mass is 9.97. The molecule has 1 atom stereocenters. The first-order chi connectivity index (χ1) is 15.0. The zero-order chi connectivity index (χ0) is 21.8. The van der Waals surface area contributed by atoms with Crippen LogP contribution in [-0.2, 0) is 11.3 Å². The van der Waals surface area contributed by atoms with Crippen molar-refractivity contribution in [2.75, 3.05) is 25.5 Å². The SMILES string of the molecule is COc1ccc(NC(=O)C2CCCN(Cc3noc(-c4ccc(C)cc4)n3)C2)cc1Cl. The Labute approximate surface area is 186 Å². The second-order valence-electron chi connectivity index (χ2n) is 7.79. The van der Waals surface area contributed by atoms with E-state index in [4.69, 9.17) is 20.9 Å². The minimum Gasteiger partial charge on any atom is -0.495 e. The van der Waals surface area contributed by atoms with Crippen molar-refractivity contribution >= 4 is 23.2 Å². The number of carbonyl (C=O) groups is 1. The highest BCUT2D eigenvalue weighted by molar-refractivity contribution is 6.32. The Bertz CT molecular complexity index is 1050. The van der Waals surface area contributed by atoms with Gasteiger partial charge in [0, 0.05) is 17.8 Å². The van der Waals surface area contributed by atoms with Crippen molar-refractivity contribution in [1.29, 1.82) is 0 Å². The number of hydrogen-bond donors (Lipinski definition) is 1.